The van der Waals surface area contributed by atoms with Crippen LogP contribution in [0.3, 0.4) is 0 Å². The summed E-state index contributed by atoms with van der Waals surface area (Å²) in [5.41, 5.74) is 2.05. The highest BCUT2D eigenvalue weighted by molar-refractivity contribution is 7.95. The van der Waals surface area contributed by atoms with Crippen molar-refractivity contribution in [3.8, 4) is 6.07 Å². The van der Waals surface area contributed by atoms with Crippen LogP contribution >= 0.6 is 0 Å². The standard InChI is InChI=1S/C27H34N8O3S/c1-16-13-34(25(36)27(5)8-9-39(27,37)38)17(2)12-33(16)23-22-24(30-15-29-23)35(14-26(22,3)4)21-10-19(18-6-7-18)20(11-28)31-32-21/h10,15-18H,6-9,12-14H2,1-5H3/t16-,17+,27?/m0/s1. The van der Waals surface area contributed by atoms with Crippen molar-refractivity contribution < 1.29 is 13.2 Å². The second-order valence-electron chi connectivity index (χ2n) is 12.4. The van der Waals surface area contributed by atoms with Crippen molar-refractivity contribution in [3.05, 3.63) is 29.2 Å². The van der Waals surface area contributed by atoms with Crippen molar-refractivity contribution in [2.75, 3.05) is 35.2 Å². The Hall–Kier alpha value is -3.33. The molecular formula is C27H34N8O3S. The molecule has 1 unspecified atom stereocenters. The molecule has 2 aromatic heterocycles. The van der Waals surface area contributed by atoms with E-state index in [4.69, 9.17) is 4.98 Å². The first-order valence-electron chi connectivity index (χ1n) is 13.6. The van der Waals surface area contributed by atoms with Crippen LogP contribution in [0.15, 0.2) is 12.4 Å². The van der Waals surface area contributed by atoms with E-state index in [2.05, 4.69) is 44.9 Å². The zero-order chi connectivity index (χ0) is 27.9. The number of fused-ring (bicyclic) bond motifs is 1. The van der Waals surface area contributed by atoms with Crippen LogP contribution in [-0.4, -0.2) is 81.6 Å². The predicted molar refractivity (Wildman–Crippen MR) is 146 cm³/mol. The Morgan fingerprint density at radius 1 is 1.08 bits per heavy atom. The highest BCUT2D eigenvalue weighted by atomic mass is 32.2. The Balaban J connectivity index is 1.32. The first-order chi connectivity index (χ1) is 18.4. The Morgan fingerprint density at radius 3 is 2.41 bits per heavy atom. The number of sulfone groups is 1. The summed E-state index contributed by atoms with van der Waals surface area (Å²) < 4.78 is 23.6. The maximum Gasteiger partial charge on any atom is 0.244 e. The molecule has 206 valence electrons. The molecule has 11 nitrogen and oxygen atoms in total. The minimum Gasteiger partial charge on any atom is -0.350 e. The van der Waals surface area contributed by atoms with Gasteiger partial charge in [-0.25, -0.2) is 18.4 Å². The Kier molecular flexibility index (Phi) is 5.70. The minimum absolute atomic E-state index is 0.0726. The molecule has 0 bridgehead atoms. The third kappa shape index (κ3) is 3.88. The fourth-order valence-corrected chi connectivity index (χ4v) is 7.81. The van der Waals surface area contributed by atoms with Crippen molar-refractivity contribution in [3.63, 3.8) is 0 Å². The van der Waals surface area contributed by atoms with Crippen molar-refractivity contribution in [1.29, 1.82) is 5.26 Å². The molecule has 1 aliphatic carbocycles. The van der Waals surface area contributed by atoms with Crippen molar-refractivity contribution in [2.24, 2.45) is 0 Å². The monoisotopic (exact) mass is 550 g/mol. The summed E-state index contributed by atoms with van der Waals surface area (Å²) in [6, 6.07) is 3.91. The lowest BCUT2D eigenvalue weighted by atomic mass is 9.87. The average Bonchev–Trinajstić information content (AvgIpc) is 3.72. The van der Waals surface area contributed by atoms with Gasteiger partial charge in [0, 0.05) is 42.7 Å². The zero-order valence-corrected chi connectivity index (χ0v) is 23.9. The van der Waals surface area contributed by atoms with Crippen LogP contribution in [-0.2, 0) is 20.0 Å². The molecule has 39 heavy (non-hydrogen) atoms. The van der Waals surface area contributed by atoms with Gasteiger partial charge in [-0.2, -0.15) is 5.26 Å². The van der Waals surface area contributed by atoms with Gasteiger partial charge in [-0.3, -0.25) is 4.79 Å². The molecule has 0 spiro atoms. The SMILES string of the molecule is C[C@@H]1CN(c2ncnc3c2C(C)(C)CN3c2cc(C3CC3)c(C#N)nn2)[C@@H](C)CN1C(=O)C1(C)CCS1(=O)=O. The molecule has 6 rings (SSSR count). The van der Waals surface area contributed by atoms with E-state index in [0.29, 0.717) is 43.5 Å². The lowest BCUT2D eigenvalue weighted by Gasteiger charge is -2.49. The van der Waals surface area contributed by atoms with Gasteiger partial charge in [0.2, 0.25) is 5.91 Å². The number of nitriles is 1. The summed E-state index contributed by atoms with van der Waals surface area (Å²) in [4.78, 5) is 28.8. The highest BCUT2D eigenvalue weighted by Gasteiger charge is 2.57. The molecule has 3 fully saturated rings. The van der Waals surface area contributed by atoms with E-state index in [9.17, 15) is 18.5 Å². The third-order valence-electron chi connectivity index (χ3n) is 9.01. The molecule has 0 radical (unpaired) electrons. The normalized spacial score (nSPS) is 29.0. The van der Waals surface area contributed by atoms with E-state index in [1.807, 2.05) is 19.9 Å². The molecule has 0 aromatic carbocycles. The van der Waals surface area contributed by atoms with E-state index in [-0.39, 0.29) is 29.2 Å². The first-order valence-corrected chi connectivity index (χ1v) is 15.2. The van der Waals surface area contributed by atoms with E-state index < -0.39 is 14.6 Å². The number of piperazine rings is 1. The molecule has 4 aliphatic rings. The number of aromatic nitrogens is 4. The number of carbonyl (C=O) groups excluding carboxylic acids is 1. The van der Waals surface area contributed by atoms with Crippen molar-refractivity contribution >= 4 is 33.2 Å². The number of rotatable bonds is 4. The molecular weight excluding hydrogens is 516 g/mol. The Bertz CT molecular complexity index is 1520. The summed E-state index contributed by atoms with van der Waals surface area (Å²) in [5.74, 6) is 2.42. The first kappa shape index (κ1) is 25.9. The average molecular weight is 551 g/mol. The Morgan fingerprint density at radius 2 is 1.79 bits per heavy atom. The third-order valence-corrected chi connectivity index (χ3v) is 11.5. The molecule has 0 N–H and O–H groups in total. The maximum atomic E-state index is 13.4. The fraction of sp³-hybridized carbons (Fsp3) is 0.630. The number of carbonyl (C=O) groups is 1. The van der Waals surface area contributed by atoms with Crippen LogP contribution in [0.5, 0.6) is 0 Å². The van der Waals surface area contributed by atoms with Crippen molar-refractivity contribution in [1.82, 2.24) is 25.1 Å². The number of hydrogen-bond donors (Lipinski definition) is 0. The van der Waals surface area contributed by atoms with Crippen LogP contribution < -0.4 is 9.80 Å². The van der Waals surface area contributed by atoms with Crippen molar-refractivity contribution in [2.45, 2.75) is 82.0 Å². The van der Waals surface area contributed by atoms with E-state index in [0.717, 1.165) is 35.6 Å². The second-order valence-corrected chi connectivity index (χ2v) is 14.9. The maximum absolute atomic E-state index is 13.4. The molecule has 2 aromatic rings. The molecule has 1 amide bonds. The van der Waals surface area contributed by atoms with Gasteiger partial charge in [0.05, 0.1) is 5.75 Å². The van der Waals surface area contributed by atoms with Gasteiger partial charge in [0.25, 0.3) is 0 Å². The summed E-state index contributed by atoms with van der Waals surface area (Å²) in [6.45, 7) is 11.5. The summed E-state index contributed by atoms with van der Waals surface area (Å²) in [6.07, 6.45) is 4.06. The number of hydrogen-bond acceptors (Lipinski definition) is 10. The fourth-order valence-electron chi connectivity index (χ4n) is 6.28. The summed E-state index contributed by atoms with van der Waals surface area (Å²) in [5, 5.41) is 18.2. The summed E-state index contributed by atoms with van der Waals surface area (Å²) >= 11 is 0. The molecule has 5 heterocycles. The predicted octanol–water partition coefficient (Wildman–Crippen LogP) is 2.45. The van der Waals surface area contributed by atoms with Crippen LogP contribution in [0.25, 0.3) is 0 Å². The summed E-state index contributed by atoms with van der Waals surface area (Å²) in [7, 11) is -3.40. The topological polar surface area (TPSA) is 136 Å². The number of nitrogens with zero attached hydrogens (tertiary/aromatic N) is 8. The Labute approximate surface area is 229 Å². The van der Waals surface area contributed by atoms with E-state index in [1.54, 1.807) is 18.2 Å². The van der Waals surface area contributed by atoms with Crippen LogP contribution in [0, 0.1) is 11.3 Å². The quantitative estimate of drug-likeness (QED) is 0.558. The van der Waals surface area contributed by atoms with Gasteiger partial charge in [-0.1, -0.05) is 13.8 Å². The molecule has 12 heteroatoms. The van der Waals surface area contributed by atoms with Crippen LogP contribution in [0.2, 0.25) is 0 Å². The lowest BCUT2D eigenvalue weighted by Crippen LogP contribution is -2.66. The van der Waals surface area contributed by atoms with E-state index in [1.165, 1.54) is 0 Å². The molecule has 2 saturated heterocycles. The van der Waals surface area contributed by atoms with Gasteiger partial charge in [-0.05, 0) is 57.6 Å². The second kappa shape index (κ2) is 8.58. The van der Waals surface area contributed by atoms with E-state index >= 15 is 0 Å². The van der Waals surface area contributed by atoms with Crippen LogP contribution in [0.1, 0.15) is 76.6 Å². The van der Waals surface area contributed by atoms with Gasteiger partial charge in [-0.15, -0.1) is 10.2 Å². The van der Waals surface area contributed by atoms with Gasteiger partial charge in [0.1, 0.15) is 28.8 Å². The molecule has 3 aliphatic heterocycles. The minimum atomic E-state index is -3.40. The molecule has 3 atom stereocenters. The molecule has 1 saturated carbocycles. The smallest absolute Gasteiger partial charge is 0.244 e. The largest absolute Gasteiger partial charge is 0.350 e. The van der Waals surface area contributed by atoms with Gasteiger partial charge in [0.15, 0.2) is 21.3 Å². The van der Waals surface area contributed by atoms with Crippen LogP contribution in [0.4, 0.5) is 17.5 Å². The van der Waals surface area contributed by atoms with Gasteiger partial charge < -0.3 is 14.7 Å². The number of anilines is 3. The highest BCUT2D eigenvalue weighted by Crippen LogP contribution is 2.48. The number of amides is 1. The zero-order valence-electron chi connectivity index (χ0n) is 23.0. The van der Waals surface area contributed by atoms with Gasteiger partial charge >= 0.3 is 0 Å². The lowest BCUT2D eigenvalue weighted by molar-refractivity contribution is -0.137.